The average Bonchev–Trinajstić information content (AvgIpc) is 3.22. The number of nitrogens with one attached hydrogen (secondary N) is 3. The number of halogens is 1. The highest BCUT2D eigenvalue weighted by molar-refractivity contribution is 6.31. The van der Waals surface area contributed by atoms with Crippen molar-refractivity contribution in [1.29, 1.82) is 0 Å². The Hall–Kier alpha value is -3.46. The van der Waals surface area contributed by atoms with E-state index in [9.17, 15) is 14.4 Å². The largest absolute Gasteiger partial charge is 0.349 e. The van der Waals surface area contributed by atoms with E-state index in [1.165, 1.54) is 6.20 Å². The Morgan fingerprint density at radius 3 is 2.76 bits per heavy atom. The molecule has 1 aliphatic rings. The molecule has 3 N–H and O–H groups in total. The van der Waals surface area contributed by atoms with Crippen molar-refractivity contribution in [3.8, 4) is 0 Å². The summed E-state index contributed by atoms with van der Waals surface area (Å²) in [7, 11) is 1.70. The first-order valence-electron chi connectivity index (χ1n) is 8.77. The van der Waals surface area contributed by atoms with Crippen molar-refractivity contribution in [3.05, 3.63) is 58.8 Å². The van der Waals surface area contributed by atoms with Crippen molar-refractivity contribution in [1.82, 2.24) is 30.5 Å². The lowest BCUT2D eigenvalue weighted by molar-refractivity contribution is -0.124. The maximum atomic E-state index is 12.9. The summed E-state index contributed by atoms with van der Waals surface area (Å²) in [5.74, 6) is -0.710. The topological polar surface area (TPSA) is 118 Å². The Morgan fingerprint density at radius 2 is 2.10 bits per heavy atom. The van der Waals surface area contributed by atoms with Gasteiger partial charge in [-0.1, -0.05) is 11.6 Å². The van der Waals surface area contributed by atoms with Gasteiger partial charge in [-0.25, -0.2) is 9.78 Å². The second kappa shape index (κ2) is 6.85. The fraction of sp³-hybridized carbons (Fsp3) is 0.211. The van der Waals surface area contributed by atoms with Crippen molar-refractivity contribution in [2.45, 2.75) is 12.5 Å². The number of nitrogens with zero attached hydrogens (tertiary/aromatic N) is 3. The number of aromatic nitrogens is 3. The second-order valence-electron chi connectivity index (χ2n) is 6.82. The van der Waals surface area contributed by atoms with Crippen LogP contribution in [-0.4, -0.2) is 38.9 Å². The third kappa shape index (κ3) is 3.19. The van der Waals surface area contributed by atoms with Gasteiger partial charge in [0, 0.05) is 29.9 Å². The first-order chi connectivity index (χ1) is 13.8. The number of rotatable bonds is 4. The molecular formula is C19H17ClN6O3. The number of pyridine rings is 1. The third-order valence-corrected chi connectivity index (χ3v) is 5.11. The summed E-state index contributed by atoms with van der Waals surface area (Å²) < 4.78 is 1.61. The van der Waals surface area contributed by atoms with Crippen LogP contribution in [0.5, 0.6) is 0 Å². The van der Waals surface area contributed by atoms with Crippen LogP contribution >= 0.6 is 11.6 Å². The van der Waals surface area contributed by atoms with Crippen molar-refractivity contribution < 1.29 is 14.4 Å². The fourth-order valence-corrected chi connectivity index (χ4v) is 3.59. The molecule has 3 heterocycles. The number of hydrogen-bond acceptors (Lipinski definition) is 5. The molecule has 0 radical (unpaired) electrons. The van der Waals surface area contributed by atoms with Gasteiger partial charge in [-0.2, -0.15) is 0 Å². The Bertz CT molecular complexity index is 1170. The van der Waals surface area contributed by atoms with Crippen LogP contribution in [-0.2, 0) is 17.4 Å². The van der Waals surface area contributed by atoms with Crippen LogP contribution in [0.25, 0.3) is 10.9 Å². The molecule has 1 aromatic carbocycles. The Kier molecular flexibility index (Phi) is 4.46. The van der Waals surface area contributed by atoms with E-state index in [0.717, 1.165) is 10.9 Å². The molecule has 9 nitrogen and oxygen atoms in total. The number of benzene rings is 1. The third-order valence-electron chi connectivity index (χ3n) is 4.87. The lowest BCUT2D eigenvalue weighted by atomic mass is 9.98. The van der Waals surface area contributed by atoms with E-state index in [-0.39, 0.29) is 6.54 Å². The molecule has 0 spiro atoms. The van der Waals surface area contributed by atoms with Gasteiger partial charge in [0.05, 0.1) is 23.3 Å². The van der Waals surface area contributed by atoms with Gasteiger partial charge < -0.3 is 15.2 Å². The molecule has 1 unspecified atom stereocenters. The molecule has 0 saturated carbocycles. The van der Waals surface area contributed by atoms with Gasteiger partial charge >= 0.3 is 6.03 Å². The first-order valence-corrected chi connectivity index (χ1v) is 9.14. The van der Waals surface area contributed by atoms with E-state index in [1.807, 2.05) is 0 Å². The molecule has 148 valence electrons. The average molecular weight is 413 g/mol. The Labute approximate surface area is 170 Å². The molecule has 2 aromatic heterocycles. The normalized spacial score (nSPS) is 18.6. The van der Waals surface area contributed by atoms with E-state index >= 15 is 0 Å². The van der Waals surface area contributed by atoms with Crippen LogP contribution < -0.4 is 16.0 Å². The fourth-order valence-electron chi connectivity index (χ4n) is 3.41. The minimum atomic E-state index is -1.51. The lowest BCUT2D eigenvalue weighted by Gasteiger charge is -2.25. The number of urea groups is 1. The molecule has 1 fully saturated rings. The van der Waals surface area contributed by atoms with E-state index in [1.54, 1.807) is 49.0 Å². The number of imidazole rings is 1. The molecule has 3 aromatic rings. The number of imide groups is 1. The monoisotopic (exact) mass is 412 g/mol. The summed E-state index contributed by atoms with van der Waals surface area (Å²) in [4.78, 5) is 45.9. The van der Waals surface area contributed by atoms with Crippen LogP contribution in [0.3, 0.4) is 0 Å². The van der Waals surface area contributed by atoms with Gasteiger partial charge in [-0.05, 0) is 31.2 Å². The molecule has 4 amide bonds. The zero-order valence-electron chi connectivity index (χ0n) is 15.6. The quantitative estimate of drug-likeness (QED) is 0.560. The summed E-state index contributed by atoms with van der Waals surface area (Å²) in [6, 6.07) is 6.28. The minimum Gasteiger partial charge on any atom is -0.349 e. The molecular weight excluding hydrogens is 396 g/mol. The summed E-state index contributed by atoms with van der Waals surface area (Å²) in [6.07, 6.45) is 3.16. The van der Waals surface area contributed by atoms with E-state index < -0.39 is 23.4 Å². The molecule has 0 aliphatic carbocycles. The Morgan fingerprint density at radius 1 is 1.31 bits per heavy atom. The molecule has 0 bridgehead atoms. The SMILES string of the molecule is Cc1nc2ccc(Cl)cc2cc1C(=O)NCC1(c2nccn2C)NC(=O)NC1=O. The second-order valence-corrected chi connectivity index (χ2v) is 7.25. The molecule has 4 rings (SSSR count). The molecule has 10 heteroatoms. The zero-order valence-corrected chi connectivity index (χ0v) is 16.4. The number of hydrogen-bond donors (Lipinski definition) is 3. The maximum absolute atomic E-state index is 12.9. The summed E-state index contributed by atoms with van der Waals surface area (Å²) >= 11 is 6.04. The van der Waals surface area contributed by atoms with Gasteiger partial charge in [-0.3, -0.25) is 19.9 Å². The van der Waals surface area contributed by atoms with E-state index in [0.29, 0.717) is 22.1 Å². The van der Waals surface area contributed by atoms with Gasteiger partial charge in [0.25, 0.3) is 11.8 Å². The number of carbonyl (C=O) groups excluding carboxylic acids is 3. The van der Waals surface area contributed by atoms with E-state index in [2.05, 4.69) is 25.9 Å². The smallest absolute Gasteiger partial charge is 0.322 e. The summed E-state index contributed by atoms with van der Waals surface area (Å²) in [6.45, 7) is 1.54. The molecule has 1 atom stereocenters. The van der Waals surface area contributed by atoms with Gasteiger partial charge in [0.15, 0.2) is 5.54 Å². The number of amides is 4. The summed E-state index contributed by atoms with van der Waals surface area (Å²) in [5, 5.41) is 8.78. The lowest BCUT2D eigenvalue weighted by Crippen LogP contribution is -2.54. The molecule has 29 heavy (non-hydrogen) atoms. The van der Waals surface area contributed by atoms with Crippen molar-refractivity contribution in [2.24, 2.45) is 7.05 Å². The number of fused-ring (bicyclic) bond motifs is 1. The van der Waals surface area contributed by atoms with Crippen molar-refractivity contribution >= 4 is 40.3 Å². The number of carbonyl (C=O) groups is 3. The zero-order chi connectivity index (χ0) is 20.8. The van der Waals surface area contributed by atoms with Crippen LogP contribution in [0.2, 0.25) is 5.02 Å². The highest BCUT2D eigenvalue weighted by atomic mass is 35.5. The highest BCUT2D eigenvalue weighted by Gasteiger charge is 2.50. The van der Waals surface area contributed by atoms with Crippen LogP contribution in [0.4, 0.5) is 4.79 Å². The van der Waals surface area contributed by atoms with Crippen LogP contribution in [0, 0.1) is 6.92 Å². The van der Waals surface area contributed by atoms with E-state index in [4.69, 9.17) is 11.6 Å². The Balaban J connectivity index is 1.65. The maximum Gasteiger partial charge on any atom is 0.322 e. The van der Waals surface area contributed by atoms with Gasteiger partial charge in [-0.15, -0.1) is 0 Å². The van der Waals surface area contributed by atoms with Crippen molar-refractivity contribution in [2.75, 3.05) is 6.54 Å². The predicted octanol–water partition coefficient (Wildman–Crippen LogP) is 1.39. The highest BCUT2D eigenvalue weighted by Crippen LogP contribution is 2.24. The predicted molar refractivity (Wildman–Crippen MR) is 105 cm³/mol. The first kappa shape index (κ1) is 18.9. The minimum absolute atomic E-state index is 0.179. The van der Waals surface area contributed by atoms with Gasteiger partial charge in [0.1, 0.15) is 5.82 Å². The van der Waals surface area contributed by atoms with Gasteiger partial charge in [0.2, 0.25) is 0 Å². The summed E-state index contributed by atoms with van der Waals surface area (Å²) in [5.41, 5.74) is 0.0880. The van der Waals surface area contributed by atoms with Crippen LogP contribution in [0.15, 0.2) is 36.7 Å². The molecule has 1 saturated heterocycles. The van der Waals surface area contributed by atoms with Crippen molar-refractivity contribution in [3.63, 3.8) is 0 Å². The molecule has 1 aliphatic heterocycles. The van der Waals surface area contributed by atoms with Crippen LogP contribution in [0.1, 0.15) is 21.9 Å². The standard InChI is InChI=1S/C19H17ClN6O3/c1-10-13(8-11-7-12(20)3-4-14(11)23-10)15(27)22-9-19(16-21-5-6-26(16)2)17(28)24-18(29)25-19/h3-8H,9H2,1-2H3,(H,22,27)(H2,24,25,28,29). The number of aryl methyl sites for hydroxylation is 2.